The van der Waals surface area contributed by atoms with Crippen LogP contribution in [-0.2, 0) is 19.6 Å². The van der Waals surface area contributed by atoms with Gasteiger partial charge in [0.1, 0.15) is 11.6 Å². The Kier molecular flexibility index (Phi) is 5.74. The number of furan rings is 1. The van der Waals surface area contributed by atoms with Crippen LogP contribution in [0.3, 0.4) is 0 Å². The monoisotopic (exact) mass is 355 g/mol. The molecule has 25 heavy (non-hydrogen) atoms. The normalized spacial score (nSPS) is 10.4. The van der Waals surface area contributed by atoms with Crippen molar-refractivity contribution in [1.29, 1.82) is 0 Å². The highest BCUT2D eigenvalue weighted by Gasteiger charge is 2.14. The molecular weight excluding hydrogens is 337 g/mol. The molecule has 0 spiro atoms. The molecule has 0 unspecified atom stereocenters. The summed E-state index contributed by atoms with van der Waals surface area (Å²) in [6.45, 7) is 1.38. The van der Waals surface area contributed by atoms with E-state index in [0.717, 1.165) is 11.3 Å². The molecule has 0 amide bonds. The van der Waals surface area contributed by atoms with Crippen molar-refractivity contribution in [2.75, 3.05) is 0 Å². The molecule has 2 aromatic heterocycles. The van der Waals surface area contributed by atoms with E-state index in [4.69, 9.17) is 16.6 Å². The van der Waals surface area contributed by atoms with E-state index in [2.05, 4.69) is 10.3 Å². The van der Waals surface area contributed by atoms with Crippen LogP contribution in [0.25, 0.3) is 0 Å². The van der Waals surface area contributed by atoms with Gasteiger partial charge in [-0.1, -0.05) is 24.3 Å². The maximum Gasteiger partial charge on any atom is 0.169 e. The second-order valence-corrected chi connectivity index (χ2v) is 5.93. The molecule has 0 aliphatic rings. The Balaban J connectivity index is 1.73. The number of rotatable bonds is 6. The van der Waals surface area contributed by atoms with Crippen molar-refractivity contribution in [3.8, 4) is 0 Å². The van der Waals surface area contributed by atoms with Crippen LogP contribution in [0, 0.1) is 5.82 Å². The summed E-state index contributed by atoms with van der Waals surface area (Å²) in [5.41, 5.74) is 1.59. The maximum atomic E-state index is 14.0. The second-order valence-electron chi connectivity index (χ2n) is 5.55. The van der Waals surface area contributed by atoms with E-state index in [0.29, 0.717) is 30.3 Å². The minimum absolute atomic E-state index is 0.243. The molecule has 2 heterocycles. The molecule has 0 saturated carbocycles. The third-order valence-electron chi connectivity index (χ3n) is 3.70. The zero-order valence-electron chi connectivity index (χ0n) is 13.6. The van der Waals surface area contributed by atoms with Gasteiger partial charge in [0.15, 0.2) is 5.11 Å². The lowest BCUT2D eigenvalue weighted by atomic mass is 10.2. The van der Waals surface area contributed by atoms with Gasteiger partial charge in [0, 0.05) is 31.0 Å². The topological polar surface area (TPSA) is 41.3 Å². The molecular formula is C19H18FN3OS. The van der Waals surface area contributed by atoms with E-state index in [1.54, 1.807) is 30.8 Å². The molecule has 0 saturated heterocycles. The zero-order chi connectivity index (χ0) is 17.5. The highest BCUT2D eigenvalue weighted by molar-refractivity contribution is 7.80. The second kappa shape index (κ2) is 8.39. The van der Waals surface area contributed by atoms with Crippen molar-refractivity contribution in [3.05, 3.63) is 89.9 Å². The third-order valence-corrected chi connectivity index (χ3v) is 4.10. The summed E-state index contributed by atoms with van der Waals surface area (Å²) in [6, 6.07) is 14.3. The van der Waals surface area contributed by atoms with Crippen molar-refractivity contribution in [2.45, 2.75) is 19.6 Å². The standard InChI is InChI=1S/C19H18FN3OS/c20-18-8-2-1-6-16(18)14-23(13-15-5-3-9-21-11-15)19(25)22-12-17-7-4-10-24-17/h1-11H,12-14H2,(H,22,25). The molecule has 128 valence electrons. The molecule has 0 aliphatic heterocycles. The highest BCUT2D eigenvalue weighted by atomic mass is 32.1. The largest absolute Gasteiger partial charge is 0.467 e. The van der Waals surface area contributed by atoms with Crippen LogP contribution in [0.4, 0.5) is 4.39 Å². The first-order valence-electron chi connectivity index (χ1n) is 7.90. The summed E-state index contributed by atoms with van der Waals surface area (Å²) in [5, 5.41) is 3.70. The molecule has 0 fully saturated rings. The minimum atomic E-state index is -0.243. The number of hydrogen-bond acceptors (Lipinski definition) is 3. The van der Waals surface area contributed by atoms with Crippen LogP contribution in [-0.4, -0.2) is 15.0 Å². The predicted molar refractivity (Wildman–Crippen MR) is 98.0 cm³/mol. The summed E-state index contributed by atoms with van der Waals surface area (Å²) in [7, 11) is 0. The van der Waals surface area contributed by atoms with Crippen LogP contribution >= 0.6 is 12.2 Å². The fraction of sp³-hybridized carbons (Fsp3) is 0.158. The SMILES string of the molecule is Fc1ccccc1CN(Cc1cccnc1)C(=S)NCc1ccco1. The van der Waals surface area contributed by atoms with Gasteiger partial charge in [-0.3, -0.25) is 4.98 Å². The number of nitrogens with zero attached hydrogens (tertiary/aromatic N) is 2. The fourth-order valence-electron chi connectivity index (χ4n) is 2.43. The van der Waals surface area contributed by atoms with Gasteiger partial charge in [0.05, 0.1) is 12.8 Å². The van der Waals surface area contributed by atoms with Crippen LogP contribution in [0.5, 0.6) is 0 Å². The smallest absolute Gasteiger partial charge is 0.169 e. The Bertz CT molecular complexity index is 809. The van der Waals surface area contributed by atoms with Crippen molar-refractivity contribution < 1.29 is 8.81 Å². The van der Waals surface area contributed by atoms with Gasteiger partial charge in [0.25, 0.3) is 0 Å². The highest BCUT2D eigenvalue weighted by Crippen LogP contribution is 2.13. The van der Waals surface area contributed by atoms with Gasteiger partial charge in [-0.05, 0) is 42.0 Å². The van der Waals surface area contributed by atoms with Gasteiger partial charge in [-0.25, -0.2) is 4.39 Å². The molecule has 0 aliphatic carbocycles. The van der Waals surface area contributed by atoms with Crippen molar-refractivity contribution >= 4 is 17.3 Å². The summed E-state index contributed by atoms with van der Waals surface area (Å²) < 4.78 is 19.4. The number of benzene rings is 1. The van der Waals surface area contributed by atoms with Gasteiger partial charge in [-0.2, -0.15) is 0 Å². The molecule has 0 atom stereocenters. The number of aromatic nitrogens is 1. The molecule has 1 aromatic carbocycles. The average molecular weight is 355 g/mol. The van der Waals surface area contributed by atoms with Gasteiger partial charge >= 0.3 is 0 Å². The first-order valence-corrected chi connectivity index (χ1v) is 8.30. The van der Waals surface area contributed by atoms with E-state index in [-0.39, 0.29) is 5.82 Å². The molecule has 3 rings (SSSR count). The van der Waals surface area contributed by atoms with Gasteiger partial charge in [-0.15, -0.1) is 0 Å². The first-order chi connectivity index (χ1) is 12.2. The minimum Gasteiger partial charge on any atom is -0.467 e. The average Bonchev–Trinajstić information content (AvgIpc) is 3.15. The van der Waals surface area contributed by atoms with Gasteiger partial charge < -0.3 is 14.6 Å². The van der Waals surface area contributed by atoms with Crippen molar-refractivity contribution in [3.63, 3.8) is 0 Å². The maximum absolute atomic E-state index is 14.0. The molecule has 6 heteroatoms. The number of thiocarbonyl (C=S) groups is 1. The third kappa shape index (κ3) is 4.87. The molecule has 0 bridgehead atoms. The lowest BCUT2D eigenvalue weighted by molar-refractivity contribution is 0.386. The molecule has 0 radical (unpaired) electrons. The Labute approximate surface area is 151 Å². The summed E-state index contributed by atoms with van der Waals surface area (Å²) >= 11 is 5.52. The van der Waals surface area contributed by atoms with Crippen molar-refractivity contribution in [1.82, 2.24) is 15.2 Å². The number of halogens is 1. The first kappa shape index (κ1) is 17.1. The lowest BCUT2D eigenvalue weighted by Crippen LogP contribution is -2.38. The Morgan fingerprint density at radius 2 is 2.00 bits per heavy atom. The van der Waals surface area contributed by atoms with Crippen LogP contribution in [0.2, 0.25) is 0 Å². The van der Waals surface area contributed by atoms with E-state index >= 15 is 0 Å². The Hall–Kier alpha value is -2.73. The number of pyridine rings is 1. The Morgan fingerprint density at radius 3 is 2.72 bits per heavy atom. The quantitative estimate of drug-likeness (QED) is 0.680. The summed E-state index contributed by atoms with van der Waals surface area (Å²) in [4.78, 5) is 6.04. The summed E-state index contributed by atoms with van der Waals surface area (Å²) in [6.07, 6.45) is 5.12. The van der Waals surface area contributed by atoms with Crippen LogP contribution < -0.4 is 5.32 Å². The number of nitrogens with one attached hydrogen (secondary N) is 1. The van der Waals surface area contributed by atoms with E-state index in [1.165, 1.54) is 6.07 Å². The lowest BCUT2D eigenvalue weighted by Gasteiger charge is -2.26. The predicted octanol–water partition coefficient (Wildman–Crippen LogP) is 3.89. The summed E-state index contributed by atoms with van der Waals surface area (Å²) in [5.74, 6) is 0.544. The Morgan fingerprint density at radius 1 is 1.12 bits per heavy atom. The van der Waals surface area contributed by atoms with Crippen molar-refractivity contribution in [2.24, 2.45) is 0 Å². The molecule has 4 nitrogen and oxygen atoms in total. The van der Waals surface area contributed by atoms with E-state index in [9.17, 15) is 4.39 Å². The molecule has 1 N–H and O–H groups in total. The van der Waals surface area contributed by atoms with E-state index in [1.807, 2.05) is 35.2 Å². The van der Waals surface area contributed by atoms with Gasteiger partial charge in [0.2, 0.25) is 0 Å². The fourth-order valence-corrected chi connectivity index (χ4v) is 2.63. The van der Waals surface area contributed by atoms with E-state index < -0.39 is 0 Å². The molecule has 3 aromatic rings. The van der Waals surface area contributed by atoms with Crippen LogP contribution in [0.15, 0.2) is 71.6 Å². The zero-order valence-corrected chi connectivity index (χ0v) is 14.4. The number of hydrogen-bond donors (Lipinski definition) is 1. The van der Waals surface area contributed by atoms with Crippen LogP contribution in [0.1, 0.15) is 16.9 Å².